The van der Waals surface area contributed by atoms with E-state index < -0.39 is 0 Å². The number of nitrogens with one attached hydrogen (secondary N) is 3. The van der Waals surface area contributed by atoms with Crippen LogP contribution in [0, 0.1) is 5.41 Å². The molecule has 0 saturated heterocycles. The van der Waals surface area contributed by atoms with Crippen LogP contribution in [0.25, 0.3) is 0 Å². The number of carbonyl (C=O) groups excluding carboxylic acids is 1. The lowest BCUT2D eigenvalue weighted by molar-refractivity contribution is 0.0948. The third-order valence-electron chi connectivity index (χ3n) is 5.71. The molecule has 9 heteroatoms. The molecule has 33 heavy (non-hydrogen) atoms. The lowest BCUT2D eigenvalue weighted by atomic mass is 10.1. The smallest absolute Gasteiger partial charge is 0.255 e. The summed E-state index contributed by atoms with van der Waals surface area (Å²) in [6, 6.07) is 10.9. The number of nitrogen functional groups attached to an aromatic ring is 1. The topological polar surface area (TPSA) is 139 Å². The van der Waals surface area contributed by atoms with Crippen molar-refractivity contribution in [3.8, 4) is 5.75 Å². The Balaban J connectivity index is 1.45. The number of anilines is 2. The maximum atomic E-state index is 12.5. The number of nitrogens with two attached hydrogens (primary N) is 1. The summed E-state index contributed by atoms with van der Waals surface area (Å²) in [5.41, 5.74) is 8.43. The van der Waals surface area contributed by atoms with Gasteiger partial charge in [0.2, 0.25) is 0 Å². The highest BCUT2D eigenvalue weighted by Gasteiger charge is 2.21. The molecule has 3 aromatic rings. The van der Waals surface area contributed by atoms with Crippen LogP contribution in [-0.4, -0.2) is 39.7 Å². The minimum Gasteiger partial charge on any atom is -0.496 e. The number of nitrogens with zero attached hydrogens (tertiary/aromatic N) is 3. The molecule has 0 bridgehead atoms. The molecule has 9 nitrogen and oxygen atoms in total. The summed E-state index contributed by atoms with van der Waals surface area (Å²) in [7, 11) is 1.53. The Labute approximate surface area is 192 Å². The molecular formula is C24H27N7O2. The first-order valence-electron chi connectivity index (χ1n) is 10.9. The van der Waals surface area contributed by atoms with E-state index in [1.54, 1.807) is 30.5 Å². The molecule has 4 rings (SSSR count). The third kappa shape index (κ3) is 5.08. The number of methoxy groups -OCH3 is 1. The average molecular weight is 446 g/mol. The molecule has 0 atom stereocenters. The Kier molecular flexibility index (Phi) is 6.77. The SMILES string of the molecule is COc1ccccc1C(=O)NCc1ccc(C(=N)c2c(N)ncnc2NC2CCCC2)nc1. The summed E-state index contributed by atoms with van der Waals surface area (Å²) >= 11 is 0. The average Bonchev–Trinajstić information content (AvgIpc) is 3.35. The van der Waals surface area contributed by atoms with Crippen molar-refractivity contribution in [2.24, 2.45) is 0 Å². The standard InChI is InChI=1S/C24H27N7O2/c1-33-19-9-5-4-8-17(19)24(32)28-13-15-10-11-18(27-12-15)21(25)20-22(26)29-14-30-23(20)31-16-6-2-3-7-16/h4-5,8-12,14,16,25H,2-3,6-7,13H2,1H3,(H,28,32)(H3,26,29,30,31). The van der Waals surface area contributed by atoms with Gasteiger partial charge < -0.3 is 21.1 Å². The van der Waals surface area contributed by atoms with Crippen molar-refractivity contribution >= 4 is 23.3 Å². The van der Waals surface area contributed by atoms with Gasteiger partial charge in [-0.1, -0.05) is 31.0 Å². The largest absolute Gasteiger partial charge is 0.496 e. The van der Waals surface area contributed by atoms with Crippen LogP contribution in [0.4, 0.5) is 11.6 Å². The molecular weight excluding hydrogens is 418 g/mol. The van der Waals surface area contributed by atoms with E-state index in [0.717, 1.165) is 18.4 Å². The predicted octanol–water partition coefficient (Wildman–Crippen LogP) is 3.16. The van der Waals surface area contributed by atoms with E-state index in [1.807, 2.05) is 12.1 Å². The molecule has 1 aliphatic carbocycles. The van der Waals surface area contributed by atoms with E-state index in [9.17, 15) is 4.79 Å². The molecule has 2 aromatic heterocycles. The maximum Gasteiger partial charge on any atom is 0.255 e. The number of para-hydroxylation sites is 1. The molecule has 0 aliphatic heterocycles. The summed E-state index contributed by atoms with van der Waals surface area (Å²) in [4.78, 5) is 25.3. The van der Waals surface area contributed by atoms with E-state index in [-0.39, 0.29) is 17.4 Å². The van der Waals surface area contributed by atoms with Gasteiger partial charge in [-0.25, -0.2) is 9.97 Å². The molecule has 170 valence electrons. The van der Waals surface area contributed by atoms with Crippen LogP contribution in [0.3, 0.4) is 0 Å². The van der Waals surface area contributed by atoms with E-state index in [4.69, 9.17) is 15.9 Å². The number of hydrogen-bond acceptors (Lipinski definition) is 8. The first kappa shape index (κ1) is 22.2. The summed E-state index contributed by atoms with van der Waals surface area (Å²) in [5, 5.41) is 15.0. The van der Waals surface area contributed by atoms with Crippen LogP contribution in [0.2, 0.25) is 0 Å². The van der Waals surface area contributed by atoms with Gasteiger partial charge >= 0.3 is 0 Å². The zero-order chi connectivity index (χ0) is 23.2. The van der Waals surface area contributed by atoms with Crippen molar-refractivity contribution in [3.63, 3.8) is 0 Å². The van der Waals surface area contributed by atoms with Crippen LogP contribution in [-0.2, 0) is 6.54 Å². The zero-order valence-electron chi connectivity index (χ0n) is 18.5. The highest BCUT2D eigenvalue weighted by atomic mass is 16.5. The molecule has 1 aromatic carbocycles. The number of aromatic nitrogens is 3. The molecule has 1 aliphatic rings. The van der Waals surface area contributed by atoms with Gasteiger partial charge in [0.05, 0.1) is 29.6 Å². The molecule has 0 spiro atoms. The third-order valence-corrected chi connectivity index (χ3v) is 5.71. The Morgan fingerprint density at radius 3 is 2.67 bits per heavy atom. The highest BCUT2D eigenvalue weighted by molar-refractivity contribution is 6.15. The number of hydrogen-bond donors (Lipinski definition) is 4. The molecule has 1 saturated carbocycles. The number of amides is 1. The van der Waals surface area contributed by atoms with Crippen molar-refractivity contribution in [2.45, 2.75) is 38.3 Å². The quantitative estimate of drug-likeness (QED) is 0.391. The van der Waals surface area contributed by atoms with Gasteiger partial charge in [-0.3, -0.25) is 15.2 Å². The molecule has 1 amide bonds. The van der Waals surface area contributed by atoms with Gasteiger partial charge in [0, 0.05) is 18.8 Å². The van der Waals surface area contributed by atoms with Crippen molar-refractivity contribution in [3.05, 3.63) is 71.3 Å². The molecule has 2 heterocycles. The summed E-state index contributed by atoms with van der Waals surface area (Å²) in [6.45, 7) is 0.294. The highest BCUT2D eigenvalue weighted by Crippen LogP contribution is 2.26. The van der Waals surface area contributed by atoms with Crippen LogP contribution >= 0.6 is 0 Å². The predicted molar refractivity (Wildman–Crippen MR) is 127 cm³/mol. The van der Waals surface area contributed by atoms with Gasteiger partial charge in [0.15, 0.2) is 0 Å². The number of carbonyl (C=O) groups is 1. The van der Waals surface area contributed by atoms with Crippen LogP contribution < -0.4 is 21.1 Å². The summed E-state index contributed by atoms with van der Waals surface area (Å²) in [6.07, 6.45) is 7.55. The second-order valence-corrected chi connectivity index (χ2v) is 7.92. The number of pyridine rings is 1. The lowest BCUT2D eigenvalue weighted by Gasteiger charge is -2.17. The lowest BCUT2D eigenvalue weighted by Crippen LogP contribution is -2.23. The number of ether oxygens (including phenoxy) is 1. The number of benzene rings is 1. The minimum absolute atomic E-state index is 0.151. The van der Waals surface area contributed by atoms with Crippen LogP contribution in [0.1, 0.15) is 52.9 Å². The van der Waals surface area contributed by atoms with Gasteiger partial charge in [-0.05, 0) is 36.6 Å². The van der Waals surface area contributed by atoms with E-state index >= 15 is 0 Å². The monoisotopic (exact) mass is 445 g/mol. The van der Waals surface area contributed by atoms with E-state index in [0.29, 0.717) is 41.0 Å². The van der Waals surface area contributed by atoms with Crippen molar-refractivity contribution in [1.29, 1.82) is 5.41 Å². The van der Waals surface area contributed by atoms with Gasteiger partial charge in [0.25, 0.3) is 5.91 Å². The normalized spacial score (nSPS) is 13.5. The van der Waals surface area contributed by atoms with Gasteiger partial charge in [-0.15, -0.1) is 0 Å². The summed E-state index contributed by atoms with van der Waals surface area (Å²) in [5.74, 6) is 1.09. The molecule has 5 N–H and O–H groups in total. The number of rotatable bonds is 8. The fraction of sp³-hybridized carbons (Fsp3) is 0.292. The molecule has 0 radical (unpaired) electrons. The second kappa shape index (κ2) is 10.1. The van der Waals surface area contributed by atoms with Crippen molar-refractivity contribution < 1.29 is 9.53 Å². The Hall–Kier alpha value is -4.01. The minimum atomic E-state index is -0.235. The second-order valence-electron chi connectivity index (χ2n) is 7.92. The van der Waals surface area contributed by atoms with Crippen LogP contribution in [0.15, 0.2) is 48.9 Å². The fourth-order valence-corrected chi connectivity index (χ4v) is 3.93. The van der Waals surface area contributed by atoms with Gasteiger partial charge in [-0.2, -0.15) is 0 Å². The Morgan fingerprint density at radius 2 is 1.94 bits per heavy atom. The van der Waals surface area contributed by atoms with Crippen molar-refractivity contribution in [1.82, 2.24) is 20.3 Å². The first-order chi connectivity index (χ1) is 16.1. The molecule has 1 fully saturated rings. The zero-order valence-corrected chi connectivity index (χ0v) is 18.5. The Morgan fingerprint density at radius 1 is 1.15 bits per heavy atom. The fourth-order valence-electron chi connectivity index (χ4n) is 3.93. The van der Waals surface area contributed by atoms with Crippen LogP contribution in [0.5, 0.6) is 5.75 Å². The molecule has 0 unspecified atom stereocenters. The van der Waals surface area contributed by atoms with Crippen molar-refractivity contribution in [2.75, 3.05) is 18.2 Å². The Bertz CT molecular complexity index is 1140. The van der Waals surface area contributed by atoms with E-state index in [1.165, 1.54) is 26.3 Å². The van der Waals surface area contributed by atoms with E-state index in [2.05, 4.69) is 25.6 Å². The summed E-state index contributed by atoms with van der Waals surface area (Å²) < 4.78 is 5.24. The maximum absolute atomic E-state index is 12.5. The van der Waals surface area contributed by atoms with Gasteiger partial charge in [0.1, 0.15) is 23.7 Å². The first-order valence-corrected chi connectivity index (χ1v) is 10.9.